The minimum atomic E-state index is -0.0830. The molecule has 2 N–H and O–H groups in total. The molecule has 0 bridgehead atoms. The molecule has 0 atom stereocenters. The topological polar surface area (TPSA) is 57.3 Å². The van der Waals surface area contributed by atoms with Gasteiger partial charge < -0.3 is 15.5 Å². The summed E-state index contributed by atoms with van der Waals surface area (Å²) >= 11 is 0. The lowest BCUT2D eigenvalue weighted by molar-refractivity contribution is 0.0953. The van der Waals surface area contributed by atoms with E-state index in [1.807, 2.05) is 39.3 Å². The third-order valence-electron chi connectivity index (χ3n) is 3.61. The number of hydrogen-bond acceptors (Lipinski definition) is 4. The Labute approximate surface area is 162 Å². The summed E-state index contributed by atoms with van der Waals surface area (Å²) in [6.45, 7) is 1.54. The number of nitrogens with one attached hydrogen (secondary N) is 2. The number of halogens is 2. The molecule has 2 aromatic rings. The van der Waals surface area contributed by atoms with E-state index in [-0.39, 0.29) is 30.7 Å². The number of benzene rings is 1. The van der Waals surface area contributed by atoms with Crippen LogP contribution in [0.2, 0.25) is 0 Å². The van der Waals surface area contributed by atoms with Gasteiger partial charge in [-0.05, 0) is 43.8 Å². The monoisotopic (exact) mass is 384 g/mol. The van der Waals surface area contributed by atoms with Crippen LogP contribution < -0.4 is 15.5 Å². The molecule has 1 heterocycles. The van der Waals surface area contributed by atoms with Crippen LogP contribution >= 0.6 is 24.8 Å². The van der Waals surface area contributed by atoms with E-state index in [1.54, 1.807) is 12.4 Å². The summed E-state index contributed by atoms with van der Waals surface area (Å²) in [4.78, 5) is 18.4. The molecule has 0 radical (unpaired) electrons. The van der Waals surface area contributed by atoms with Gasteiger partial charge in [0, 0.05) is 44.3 Å². The first kappa shape index (κ1) is 23.2. The molecule has 1 aromatic heterocycles. The van der Waals surface area contributed by atoms with Crippen LogP contribution in [0.1, 0.15) is 16.8 Å². The van der Waals surface area contributed by atoms with E-state index in [0.717, 1.165) is 29.8 Å². The Morgan fingerprint density at radius 2 is 1.72 bits per heavy atom. The summed E-state index contributed by atoms with van der Waals surface area (Å²) in [7, 11) is 5.92. The maximum Gasteiger partial charge on any atom is 0.252 e. The molecule has 0 saturated carbocycles. The van der Waals surface area contributed by atoms with E-state index >= 15 is 0 Å². The highest BCUT2D eigenvalue weighted by Gasteiger charge is 2.07. The van der Waals surface area contributed by atoms with Gasteiger partial charge in [0.05, 0.1) is 5.56 Å². The molecule has 0 saturated heterocycles. The number of carbonyl (C=O) groups excluding carboxylic acids is 1. The van der Waals surface area contributed by atoms with Crippen LogP contribution in [0.5, 0.6) is 0 Å². The SMILES string of the molecule is CNCCCNC(=O)c1cncc(-c2ccc(N(C)C)cc2)c1.Cl.Cl. The van der Waals surface area contributed by atoms with Crippen molar-refractivity contribution in [3.8, 4) is 11.1 Å². The normalized spacial score (nSPS) is 9.56. The second-order valence-corrected chi connectivity index (χ2v) is 5.62. The number of carbonyl (C=O) groups is 1. The van der Waals surface area contributed by atoms with Gasteiger partial charge in [-0.2, -0.15) is 0 Å². The average Bonchev–Trinajstić information content (AvgIpc) is 2.59. The van der Waals surface area contributed by atoms with E-state index in [4.69, 9.17) is 0 Å². The van der Waals surface area contributed by atoms with Crippen molar-refractivity contribution in [1.82, 2.24) is 15.6 Å². The summed E-state index contributed by atoms with van der Waals surface area (Å²) in [5.74, 6) is -0.0830. The van der Waals surface area contributed by atoms with E-state index in [1.165, 1.54) is 0 Å². The van der Waals surface area contributed by atoms with Crippen molar-refractivity contribution in [1.29, 1.82) is 0 Å². The van der Waals surface area contributed by atoms with Gasteiger partial charge in [-0.1, -0.05) is 12.1 Å². The summed E-state index contributed by atoms with van der Waals surface area (Å²) < 4.78 is 0. The van der Waals surface area contributed by atoms with Crippen LogP contribution in [0.4, 0.5) is 5.69 Å². The van der Waals surface area contributed by atoms with Crippen molar-refractivity contribution in [2.75, 3.05) is 39.1 Å². The van der Waals surface area contributed by atoms with Crippen molar-refractivity contribution in [2.24, 2.45) is 0 Å². The zero-order valence-electron chi connectivity index (χ0n) is 14.8. The van der Waals surface area contributed by atoms with Crippen LogP contribution in [-0.2, 0) is 0 Å². The van der Waals surface area contributed by atoms with Gasteiger partial charge in [0.1, 0.15) is 0 Å². The van der Waals surface area contributed by atoms with E-state index in [0.29, 0.717) is 12.1 Å². The summed E-state index contributed by atoms with van der Waals surface area (Å²) in [5, 5.41) is 5.97. The number of amides is 1. The van der Waals surface area contributed by atoms with E-state index in [2.05, 4.69) is 32.7 Å². The standard InChI is InChI=1S/C18H24N4O.2ClH/c1-19-9-4-10-21-18(23)16-11-15(12-20-13-16)14-5-7-17(8-6-14)22(2)3;;/h5-8,11-13,19H,4,9-10H2,1-3H3,(H,21,23);2*1H. The van der Waals surface area contributed by atoms with Crippen molar-refractivity contribution < 1.29 is 4.79 Å². The highest BCUT2D eigenvalue weighted by atomic mass is 35.5. The molecule has 0 aliphatic carbocycles. The van der Waals surface area contributed by atoms with Crippen LogP contribution in [-0.4, -0.2) is 45.1 Å². The lowest BCUT2D eigenvalue weighted by Crippen LogP contribution is -2.26. The Morgan fingerprint density at radius 3 is 2.32 bits per heavy atom. The molecular formula is C18H26Cl2N4O. The Kier molecular flexibility index (Phi) is 10.8. The fourth-order valence-electron chi connectivity index (χ4n) is 2.24. The molecule has 0 unspecified atom stereocenters. The van der Waals surface area contributed by atoms with Gasteiger partial charge in [-0.3, -0.25) is 9.78 Å². The predicted molar refractivity (Wildman–Crippen MR) is 109 cm³/mol. The second-order valence-electron chi connectivity index (χ2n) is 5.62. The number of rotatable bonds is 7. The Balaban J connectivity index is 0.00000288. The minimum Gasteiger partial charge on any atom is -0.378 e. The number of hydrogen-bond donors (Lipinski definition) is 2. The van der Waals surface area contributed by atoms with E-state index in [9.17, 15) is 4.79 Å². The molecule has 0 aliphatic heterocycles. The first-order valence-corrected chi connectivity index (χ1v) is 7.77. The summed E-state index contributed by atoms with van der Waals surface area (Å²) in [6, 6.07) is 10.1. The smallest absolute Gasteiger partial charge is 0.252 e. The fraction of sp³-hybridized carbons (Fsp3) is 0.333. The predicted octanol–water partition coefficient (Wildman–Crippen LogP) is 3.00. The van der Waals surface area contributed by atoms with Gasteiger partial charge in [0.25, 0.3) is 5.91 Å². The van der Waals surface area contributed by atoms with Crippen LogP contribution in [0.15, 0.2) is 42.7 Å². The highest BCUT2D eigenvalue weighted by molar-refractivity contribution is 5.95. The maximum absolute atomic E-state index is 12.2. The molecule has 0 spiro atoms. The van der Waals surface area contributed by atoms with Gasteiger partial charge in [0.15, 0.2) is 0 Å². The number of anilines is 1. The molecule has 7 heteroatoms. The first-order valence-electron chi connectivity index (χ1n) is 7.77. The average molecular weight is 385 g/mol. The zero-order valence-corrected chi connectivity index (χ0v) is 16.4. The Hall–Kier alpha value is -1.82. The molecule has 1 aromatic carbocycles. The van der Waals surface area contributed by atoms with Gasteiger partial charge in [0.2, 0.25) is 0 Å². The number of aromatic nitrogens is 1. The minimum absolute atomic E-state index is 0. The van der Waals surface area contributed by atoms with E-state index < -0.39 is 0 Å². The Morgan fingerprint density at radius 1 is 1.04 bits per heavy atom. The molecule has 25 heavy (non-hydrogen) atoms. The molecule has 138 valence electrons. The molecular weight excluding hydrogens is 359 g/mol. The lowest BCUT2D eigenvalue weighted by atomic mass is 10.1. The Bertz CT molecular complexity index is 648. The molecule has 2 rings (SSSR count). The molecule has 5 nitrogen and oxygen atoms in total. The van der Waals surface area contributed by atoms with Crippen molar-refractivity contribution >= 4 is 36.4 Å². The third-order valence-corrected chi connectivity index (χ3v) is 3.61. The van der Waals surface area contributed by atoms with Crippen molar-refractivity contribution in [3.63, 3.8) is 0 Å². The highest BCUT2D eigenvalue weighted by Crippen LogP contribution is 2.22. The first-order chi connectivity index (χ1) is 11.1. The molecule has 0 fully saturated rings. The third kappa shape index (κ3) is 6.90. The quantitative estimate of drug-likeness (QED) is 0.720. The fourth-order valence-corrected chi connectivity index (χ4v) is 2.24. The van der Waals surface area contributed by atoms with Crippen molar-refractivity contribution in [2.45, 2.75) is 6.42 Å². The number of nitrogens with zero attached hydrogens (tertiary/aromatic N) is 2. The number of pyridine rings is 1. The molecule has 1 amide bonds. The van der Waals surface area contributed by atoms with Crippen molar-refractivity contribution in [3.05, 3.63) is 48.3 Å². The van der Waals surface area contributed by atoms with Crippen LogP contribution in [0.25, 0.3) is 11.1 Å². The van der Waals surface area contributed by atoms with Gasteiger partial charge in [-0.25, -0.2) is 0 Å². The van der Waals surface area contributed by atoms with Gasteiger partial charge in [-0.15, -0.1) is 24.8 Å². The largest absolute Gasteiger partial charge is 0.378 e. The van der Waals surface area contributed by atoms with Crippen LogP contribution in [0, 0.1) is 0 Å². The summed E-state index contributed by atoms with van der Waals surface area (Å²) in [6.07, 6.45) is 4.29. The lowest BCUT2D eigenvalue weighted by Gasteiger charge is -2.13. The maximum atomic E-state index is 12.2. The molecule has 0 aliphatic rings. The van der Waals surface area contributed by atoms with Gasteiger partial charge >= 0.3 is 0 Å². The summed E-state index contributed by atoms with van der Waals surface area (Å²) in [5.41, 5.74) is 3.72. The van der Waals surface area contributed by atoms with Crippen LogP contribution in [0.3, 0.4) is 0 Å². The zero-order chi connectivity index (χ0) is 16.7. The second kappa shape index (κ2) is 11.7.